The van der Waals surface area contributed by atoms with Crippen LogP contribution in [0.3, 0.4) is 0 Å². The molecule has 0 aliphatic heterocycles. The Morgan fingerprint density at radius 3 is 1.87 bits per heavy atom. The van der Waals surface area contributed by atoms with Crippen molar-refractivity contribution in [3.05, 3.63) is 116 Å². The molecule has 5 nitrogen and oxygen atoms in total. The van der Waals surface area contributed by atoms with E-state index in [1.807, 2.05) is 54.1 Å². The van der Waals surface area contributed by atoms with Crippen molar-refractivity contribution in [1.82, 2.24) is 24.9 Å². The Hall–Kier alpha value is -5.07. The molecule has 0 unspecified atom stereocenters. The molecule has 0 amide bonds. The Morgan fingerprint density at radius 2 is 1.18 bits per heavy atom. The van der Waals surface area contributed by atoms with Gasteiger partial charge in [-0.3, -0.25) is 9.97 Å². The van der Waals surface area contributed by atoms with Gasteiger partial charge < -0.3 is 0 Å². The van der Waals surface area contributed by atoms with E-state index in [0.717, 1.165) is 44.5 Å². The minimum absolute atomic E-state index is 0.573. The third-order valence-corrected chi connectivity index (χ3v) is 8.19. The summed E-state index contributed by atoms with van der Waals surface area (Å²) in [5.41, 5.74) is 5.10. The van der Waals surface area contributed by atoms with Crippen LogP contribution in [0, 0.1) is 0 Å². The average molecular weight is 518 g/mol. The van der Waals surface area contributed by atoms with Crippen LogP contribution in [-0.4, -0.2) is 24.9 Å². The first kappa shape index (κ1) is 22.0. The van der Waals surface area contributed by atoms with Crippen LogP contribution in [0.15, 0.2) is 116 Å². The molecule has 0 aliphatic rings. The minimum atomic E-state index is 0.573. The van der Waals surface area contributed by atoms with Crippen LogP contribution in [0.1, 0.15) is 0 Å². The third kappa shape index (κ3) is 3.57. The predicted octanol–water partition coefficient (Wildman–Crippen LogP) is 8.34. The van der Waals surface area contributed by atoms with Crippen molar-refractivity contribution in [1.29, 1.82) is 0 Å². The van der Waals surface area contributed by atoms with Gasteiger partial charge in [-0.15, -0.1) is 11.3 Å². The average Bonchev–Trinajstić information content (AvgIpc) is 3.40. The van der Waals surface area contributed by atoms with Gasteiger partial charge in [-0.05, 0) is 53.9 Å². The van der Waals surface area contributed by atoms with Crippen molar-refractivity contribution in [2.45, 2.75) is 0 Å². The lowest BCUT2D eigenvalue weighted by atomic mass is 9.99. The summed E-state index contributed by atoms with van der Waals surface area (Å²) in [6.45, 7) is 0. The van der Waals surface area contributed by atoms with Gasteiger partial charge in [-0.25, -0.2) is 15.0 Å². The third-order valence-electron chi connectivity index (χ3n) is 7.06. The second-order valence-electron chi connectivity index (χ2n) is 9.38. The number of nitrogens with zero attached hydrogens (tertiary/aromatic N) is 5. The molecular formula is C33H19N5S. The monoisotopic (exact) mass is 517 g/mol. The lowest BCUT2D eigenvalue weighted by Crippen LogP contribution is -1.99. The molecule has 39 heavy (non-hydrogen) atoms. The first-order valence-corrected chi connectivity index (χ1v) is 13.5. The highest BCUT2D eigenvalue weighted by atomic mass is 32.1. The Bertz CT molecular complexity index is 2120. The van der Waals surface area contributed by atoms with E-state index in [0.29, 0.717) is 5.82 Å². The number of benzene rings is 3. The Labute approximate surface area is 227 Å². The zero-order valence-corrected chi connectivity index (χ0v) is 21.4. The first-order valence-electron chi connectivity index (χ1n) is 12.7. The highest BCUT2D eigenvalue weighted by molar-refractivity contribution is 7.26. The fourth-order valence-corrected chi connectivity index (χ4v) is 6.42. The number of fused-ring (bicyclic) bond motifs is 7. The SMILES string of the molecule is c1cncc(-c2cc(-c3cccnc3)nc(-c3nc4ccc5sc6ccccc6c5c4c4ccccc34)n2)c1. The number of rotatable bonds is 3. The predicted molar refractivity (Wildman–Crippen MR) is 160 cm³/mol. The summed E-state index contributed by atoms with van der Waals surface area (Å²) < 4.78 is 2.54. The van der Waals surface area contributed by atoms with Crippen LogP contribution in [0.2, 0.25) is 0 Å². The molecule has 6 heteroatoms. The normalized spacial score (nSPS) is 11.6. The molecule has 0 N–H and O–H groups in total. The lowest BCUT2D eigenvalue weighted by Gasteiger charge is -2.12. The van der Waals surface area contributed by atoms with Crippen LogP contribution in [0.4, 0.5) is 0 Å². The fraction of sp³-hybridized carbons (Fsp3) is 0. The number of hydrogen-bond donors (Lipinski definition) is 0. The minimum Gasteiger partial charge on any atom is -0.264 e. The number of aromatic nitrogens is 5. The van der Waals surface area contributed by atoms with Gasteiger partial charge in [0.15, 0.2) is 5.82 Å². The molecule has 5 heterocycles. The van der Waals surface area contributed by atoms with Gasteiger partial charge in [0.05, 0.1) is 16.9 Å². The molecule has 0 atom stereocenters. The molecule has 0 spiro atoms. The van der Waals surface area contributed by atoms with E-state index in [9.17, 15) is 0 Å². The van der Waals surface area contributed by atoms with Gasteiger partial charge in [-0.1, -0.05) is 42.5 Å². The van der Waals surface area contributed by atoms with E-state index in [-0.39, 0.29) is 0 Å². The van der Waals surface area contributed by atoms with Crippen LogP contribution in [0.25, 0.3) is 75.9 Å². The van der Waals surface area contributed by atoms with Gasteiger partial charge >= 0.3 is 0 Å². The van der Waals surface area contributed by atoms with Gasteiger partial charge in [0.1, 0.15) is 5.69 Å². The maximum absolute atomic E-state index is 5.23. The van der Waals surface area contributed by atoms with Crippen molar-refractivity contribution in [3.8, 4) is 34.0 Å². The molecule has 0 bridgehead atoms. The zero-order chi connectivity index (χ0) is 25.8. The Balaban J connectivity index is 1.47. The summed E-state index contributed by atoms with van der Waals surface area (Å²) in [5, 5.41) is 5.85. The topological polar surface area (TPSA) is 64.5 Å². The maximum Gasteiger partial charge on any atom is 0.179 e. The highest BCUT2D eigenvalue weighted by Crippen LogP contribution is 2.42. The van der Waals surface area contributed by atoms with Crippen molar-refractivity contribution < 1.29 is 0 Å². The summed E-state index contributed by atoms with van der Waals surface area (Å²) in [7, 11) is 0. The number of thiophene rings is 1. The fourth-order valence-electron chi connectivity index (χ4n) is 5.31. The standard InChI is InChI=1S/C33H19N5S/c1-2-10-23-22(9-1)30-25(13-14-29-31(30)24-11-3-4-12-28(24)39-29)36-32(23)33-37-26(20-7-5-15-34-18-20)17-27(38-33)21-8-6-16-35-19-21/h1-19H. The molecule has 0 fully saturated rings. The summed E-state index contributed by atoms with van der Waals surface area (Å²) in [6.07, 6.45) is 7.18. The molecule has 3 aromatic carbocycles. The molecule has 182 valence electrons. The summed E-state index contributed by atoms with van der Waals surface area (Å²) in [5.74, 6) is 0.573. The van der Waals surface area contributed by atoms with E-state index >= 15 is 0 Å². The number of pyridine rings is 3. The van der Waals surface area contributed by atoms with E-state index in [2.05, 4.69) is 70.6 Å². The zero-order valence-electron chi connectivity index (χ0n) is 20.6. The number of hydrogen-bond acceptors (Lipinski definition) is 6. The quantitative estimate of drug-likeness (QED) is 0.220. The molecule has 0 radical (unpaired) electrons. The molecule has 8 aromatic rings. The van der Waals surface area contributed by atoms with E-state index in [1.165, 1.54) is 25.6 Å². The second kappa shape index (κ2) is 8.75. The van der Waals surface area contributed by atoms with Gasteiger partial charge in [0.2, 0.25) is 0 Å². The van der Waals surface area contributed by atoms with Crippen molar-refractivity contribution >= 4 is 53.2 Å². The lowest BCUT2D eigenvalue weighted by molar-refractivity contribution is 1.15. The Kier molecular flexibility index (Phi) is 4.93. The summed E-state index contributed by atoms with van der Waals surface area (Å²) in [4.78, 5) is 23.9. The summed E-state index contributed by atoms with van der Waals surface area (Å²) in [6, 6.07) is 31.2. The first-order chi connectivity index (χ1) is 19.3. The second-order valence-corrected chi connectivity index (χ2v) is 10.5. The van der Waals surface area contributed by atoms with Crippen LogP contribution in [0.5, 0.6) is 0 Å². The van der Waals surface area contributed by atoms with Crippen LogP contribution >= 0.6 is 11.3 Å². The van der Waals surface area contributed by atoms with Gasteiger partial charge in [0, 0.05) is 66.9 Å². The maximum atomic E-state index is 5.23. The van der Waals surface area contributed by atoms with E-state index in [1.54, 1.807) is 12.4 Å². The van der Waals surface area contributed by atoms with Crippen molar-refractivity contribution in [2.75, 3.05) is 0 Å². The molecular weight excluding hydrogens is 498 g/mol. The molecule has 8 rings (SSSR count). The van der Waals surface area contributed by atoms with Gasteiger partial charge in [-0.2, -0.15) is 0 Å². The molecule has 0 saturated carbocycles. The molecule has 0 aliphatic carbocycles. The van der Waals surface area contributed by atoms with Crippen LogP contribution in [-0.2, 0) is 0 Å². The largest absolute Gasteiger partial charge is 0.264 e. The van der Waals surface area contributed by atoms with E-state index in [4.69, 9.17) is 15.0 Å². The molecule has 0 saturated heterocycles. The molecule has 5 aromatic heterocycles. The van der Waals surface area contributed by atoms with Crippen LogP contribution < -0.4 is 0 Å². The van der Waals surface area contributed by atoms with Gasteiger partial charge in [0.25, 0.3) is 0 Å². The Morgan fingerprint density at radius 1 is 0.513 bits per heavy atom. The highest BCUT2D eigenvalue weighted by Gasteiger charge is 2.18. The van der Waals surface area contributed by atoms with E-state index < -0.39 is 0 Å². The van der Waals surface area contributed by atoms with Crippen molar-refractivity contribution in [3.63, 3.8) is 0 Å². The summed E-state index contributed by atoms with van der Waals surface area (Å²) >= 11 is 1.82. The smallest absolute Gasteiger partial charge is 0.179 e. The van der Waals surface area contributed by atoms with Crippen molar-refractivity contribution in [2.24, 2.45) is 0 Å².